The Labute approximate surface area is 111 Å². The monoisotopic (exact) mass is 259 g/mol. The van der Waals surface area contributed by atoms with Gasteiger partial charge in [-0.25, -0.2) is 0 Å². The third kappa shape index (κ3) is 6.14. The average molecular weight is 259 g/mol. The highest BCUT2D eigenvalue weighted by molar-refractivity contribution is 4.86. The molecule has 0 radical (unpaired) electrons. The molecule has 0 heterocycles. The number of methoxy groups -OCH3 is 1. The highest BCUT2D eigenvalue weighted by Crippen LogP contribution is 2.27. The van der Waals surface area contributed by atoms with Crippen molar-refractivity contribution < 1.29 is 14.6 Å². The van der Waals surface area contributed by atoms with E-state index in [1.54, 1.807) is 7.11 Å². The number of nitrogens with one attached hydrogen (secondary N) is 1. The third-order valence-electron chi connectivity index (χ3n) is 3.70. The summed E-state index contributed by atoms with van der Waals surface area (Å²) < 4.78 is 10.5. The fraction of sp³-hybridized carbons (Fsp3) is 1.00. The first kappa shape index (κ1) is 15.9. The van der Waals surface area contributed by atoms with Crippen LogP contribution in [0.15, 0.2) is 0 Å². The van der Waals surface area contributed by atoms with Gasteiger partial charge in [-0.3, -0.25) is 0 Å². The zero-order valence-electron chi connectivity index (χ0n) is 12.1. The number of hydrogen-bond donors (Lipinski definition) is 2. The van der Waals surface area contributed by atoms with Crippen molar-refractivity contribution in [2.75, 3.05) is 26.9 Å². The Morgan fingerprint density at radius 1 is 1.22 bits per heavy atom. The lowest BCUT2D eigenvalue weighted by Gasteiger charge is -2.35. The van der Waals surface area contributed by atoms with Gasteiger partial charge in [0.15, 0.2) is 0 Å². The first-order valence-corrected chi connectivity index (χ1v) is 7.09. The Bertz CT molecular complexity index is 217. The van der Waals surface area contributed by atoms with Crippen molar-refractivity contribution in [2.24, 2.45) is 0 Å². The molecule has 0 bridgehead atoms. The fourth-order valence-electron chi connectivity index (χ4n) is 2.49. The minimum Gasteiger partial charge on any atom is -0.389 e. The van der Waals surface area contributed by atoms with Crippen LogP contribution in [-0.2, 0) is 9.47 Å². The summed E-state index contributed by atoms with van der Waals surface area (Å²) in [5.74, 6) is 0. The van der Waals surface area contributed by atoms with E-state index in [1.807, 2.05) is 6.92 Å². The maximum atomic E-state index is 9.88. The predicted octanol–water partition coefficient (Wildman–Crippen LogP) is 1.71. The molecule has 108 valence electrons. The summed E-state index contributed by atoms with van der Waals surface area (Å²) in [6.07, 6.45) is 5.94. The number of rotatable bonds is 8. The maximum Gasteiger partial charge on any atom is 0.0898 e. The summed E-state index contributed by atoms with van der Waals surface area (Å²) in [5, 5.41) is 13.4. The topological polar surface area (TPSA) is 50.7 Å². The summed E-state index contributed by atoms with van der Waals surface area (Å²) in [7, 11) is 1.65. The van der Waals surface area contributed by atoms with Crippen LogP contribution in [0, 0.1) is 0 Å². The summed E-state index contributed by atoms with van der Waals surface area (Å²) in [4.78, 5) is 0. The van der Waals surface area contributed by atoms with Crippen LogP contribution in [0.4, 0.5) is 0 Å². The Morgan fingerprint density at radius 3 is 2.50 bits per heavy atom. The number of aliphatic hydroxyl groups is 1. The van der Waals surface area contributed by atoms with E-state index in [2.05, 4.69) is 12.2 Å². The Balaban J connectivity index is 2.14. The average Bonchev–Trinajstić information content (AvgIpc) is 2.35. The van der Waals surface area contributed by atoms with Gasteiger partial charge in [-0.05, 0) is 26.7 Å². The molecule has 1 saturated carbocycles. The van der Waals surface area contributed by atoms with E-state index in [0.29, 0.717) is 19.8 Å². The Kier molecular flexibility index (Phi) is 7.15. The molecule has 0 spiro atoms. The second-order valence-electron chi connectivity index (χ2n) is 5.76. The van der Waals surface area contributed by atoms with Gasteiger partial charge in [0.25, 0.3) is 0 Å². The van der Waals surface area contributed by atoms with E-state index < -0.39 is 6.10 Å². The van der Waals surface area contributed by atoms with Crippen molar-refractivity contribution in [2.45, 2.75) is 63.7 Å². The molecule has 2 unspecified atom stereocenters. The van der Waals surface area contributed by atoms with Crippen molar-refractivity contribution in [1.29, 1.82) is 0 Å². The predicted molar refractivity (Wildman–Crippen MR) is 72.8 cm³/mol. The lowest BCUT2D eigenvalue weighted by atomic mass is 9.83. The minimum atomic E-state index is -0.442. The van der Waals surface area contributed by atoms with Crippen LogP contribution in [0.2, 0.25) is 0 Å². The molecule has 0 aromatic heterocycles. The standard InChI is InChI=1S/C14H29NO3/c1-12(10-17-3)18-11-13(16)9-15-14(2)7-5-4-6-8-14/h12-13,15-16H,4-11H2,1-3H3. The van der Waals surface area contributed by atoms with E-state index in [1.165, 1.54) is 32.1 Å². The van der Waals surface area contributed by atoms with Gasteiger partial charge in [-0.1, -0.05) is 19.3 Å². The van der Waals surface area contributed by atoms with E-state index >= 15 is 0 Å². The molecule has 0 aromatic rings. The summed E-state index contributed by atoms with van der Waals surface area (Å²) in [5.41, 5.74) is 0.206. The van der Waals surface area contributed by atoms with E-state index in [0.717, 1.165) is 0 Å². The normalized spacial score (nSPS) is 22.7. The van der Waals surface area contributed by atoms with Gasteiger partial charge in [-0.2, -0.15) is 0 Å². The zero-order valence-corrected chi connectivity index (χ0v) is 12.1. The molecule has 4 nitrogen and oxygen atoms in total. The summed E-state index contributed by atoms with van der Waals surface area (Å²) in [6, 6.07) is 0. The summed E-state index contributed by atoms with van der Waals surface area (Å²) in [6.45, 7) is 5.75. The second kappa shape index (κ2) is 8.10. The van der Waals surface area contributed by atoms with Crippen LogP contribution in [-0.4, -0.2) is 49.7 Å². The van der Waals surface area contributed by atoms with Crippen molar-refractivity contribution >= 4 is 0 Å². The minimum absolute atomic E-state index is 0.0370. The molecule has 0 amide bonds. The van der Waals surface area contributed by atoms with Gasteiger partial charge in [0, 0.05) is 19.2 Å². The molecule has 0 saturated heterocycles. The molecule has 1 rings (SSSR count). The molecule has 4 heteroatoms. The highest BCUT2D eigenvalue weighted by Gasteiger charge is 2.26. The van der Waals surface area contributed by atoms with Gasteiger partial charge in [0.2, 0.25) is 0 Å². The van der Waals surface area contributed by atoms with Crippen LogP contribution in [0.25, 0.3) is 0 Å². The Hall–Kier alpha value is -0.160. The van der Waals surface area contributed by atoms with Crippen molar-refractivity contribution in [1.82, 2.24) is 5.32 Å². The first-order valence-electron chi connectivity index (χ1n) is 7.09. The number of β-amino-alcohol motifs (C(OH)–C–C–N with tert-alkyl or cyclic N) is 1. The van der Waals surface area contributed by atoms with Crippen LogP contribution in [0.1, 0.15) is 46.0 Å². The lowest BCUT2D eigenvalue weighted by molar-refractivity contribution is -0.0329. The number of aliphatic hydroxyl groups excluding tert-OH is 1. The van der Waals surface area contributed by atoms with Gasteiger partial charge in [0.05, 0.1) is 25.4 Å². The molecular weight excluding hydrogens is 230 g/mol. The molecule has 18 heavy (non-hydrogen) atoms. The quantitative estimate of drug-likeness (QED) is 0.697. The van der Waals surface area contributed by atoms with Crippen molar-refractivity contribution in [3.63, 3.8) is 0 Å². The van der Waals surface area contributed by atoms with Crippen LogP contribution >= 0.6 is 0 Å². The summed E-state index contributed by atoms with van der Waals surface area (Å²) >= 11 is 0. The van der Waals surface area contributed by atoms with E-state index in [-0.39, 0.29) is 11.6 Å². The van der Waals surface area contributed by atoms with Crippen LogP contribution < -0.4 is 5.32 Å². The van der Waals surface area contributed by atoms with Crippen molar-refractivity contribution in [3.8, 4) is 0 Å². The maximum absolute atomic E-state index is 9.88. The number of hydrogen-bond acceptors (Lipinski definition) is 4. The third-order valence-corrected chi connectivity index (χ3v) is 3.70. The number of ether oxygens (including phenoxy) is 2. The molecule has 2 atom stereocenters. The molecule has 1 fully saturated rings. The first-order chi connectivity index (χ1) is 8.56. The van der Waals surface area contributed by atoms with Gasteiger partial charge < -0.3 is 19.9 Å². The molecule has 1 aliphatic carbocycles. The molecule has 1 aliphatic rings. The smallest absolute Gasteiger partial charge is 0.0898 e. The molecular formula is C14H29NO3. The van der Waals surface area contributed by atoms with Gasteiger partial charge in [-0.15, -0.1) is 0 Å². The SMILES string of the molecule is COCC(C)OCC(O)CNC1(C)CCCCC1. The molecule has 0 aliphatic heterocycles. The zero-order chi connectivity index (χ0) is 13.4. The largest absolute Gasteiger partial charge is 0.389 e. The van der Waals surface area contributed by atoms with Gasteiger partial charge >= 0.3 is 0 Å². The second-order valence-corrected chi connectivity index (χ2v) is 5.76. The molecule has 0 aromatic carbocycles. The van der Waals surface area contributed by atoms with Crippen molar-refractivity contribution in [3.05, 3.63) is 0 Å². The lowest BCUT2D eigenvalue weighted by Crippen LogP contribution is -2.47. The molecule has 2 N–H and O–H groups in total. The van der Waals surface area contributed by atoms with E-state index in [9.17, 15) is 5.11 Å². The highest BCUT2D eigenvalue weighted by atomic mass is 16.5. The fourth-order valence-corrected chi connectivity index (χ4v) is 2.49. The van der Waals surface area contributed by atoms with Gasteiger partial charge in [0.1, 0.15) is 0 Å². The van der Waals surface area contributed by atoms with Crippen LogP contribution in [0.5, 0.6) is 0 Å². The van der Waals surface area contributed by atoms with E-state index in [4.69, 9.17) is 9.47 Å². The Morgan fingerprint density at radius 2 is 1.89 bits per heavy atom. The van der Waals surface area contributed by atoms with Crippen LogP contribution in [0.3, 0.4) is 0 Å².